The first-order valence-corrected chi connectivity index (χ1v) is 7.01. The van der Waals surface area contributed by atoms with Gasteiger partial charge in [-0.1, -0.05) is 6.92 Å². The number of Topliss-reactive ketones (excluding diaryl/α,β-unsaturated/α-hetero) is 1. The first-order valence-electron chi connectivity index (χ1n) is 7.01. The standard InChI is InChI=1S/C14H22N2O3/c1-3-8-16-9-7-15-13(16)12(17)14(19-4-2)5-10-18-11-6-14/h7,9H,3-6,8,10-11H2,1-2H3. The molecule has 5 nitrogen and oxygen atoms in total. The van der Waals surface area contributed by atoms with Crippen molar-refractivity contribution in [2.45, 2.75) is 45.3 Å². The maximum absolute atomic E-state index is 12.8. The Kier molecular flexibility index (Phi) is 4.71. The molecule has 1 saturated heterocycles. The molecule has 2 rings (SSSR count). The molecule has 1 aliphatic heterocycles. The van der Waals surface area contributed by atoms with E-state index in [2.05, 4.69) is 11.9 Å². The zero-order valence-corrected chi connectivity index (χ0v) is 11.7. The molecule has 0 spiro atoms. The van der Waals surface area contributed by atoms with E-state index in [1.165, 1.54) is 0 Å². The van der Waals surface area contributed by atoms with Crippen molar-refractivity contribution in [3.05, 3.63) is 18.2 Å². The molecule has 0 saturated carbocycles. The number of imidazole rings is 1. The fourth-order valence-corrected chi connectivity index (χ4v) is 2.56. The Morgan fingerprint density at radius 3 is 2.84 bits per heavy atom. The summed E-state index contributed by atoms with van der Waals surface area (Å²) in [5.41, 5.74) is -0.746. The number of hydrogen-bond donors (Lipinski definition) is 0. The van der Waals surface area contributed by atoms with Crippen molar-refractivity contribution in [2.75, 3.05) is 19.8 Å². The fourth-order valence-electron chi connectivity index (χ4n) is 2.56. The smallest absolute Gasteiger partial charge is 0.230 e. The summed E-state index contributed by atoms with van der Waals surface area (Å²) >= 11 is 0. The van der Waals surface area contributed by atoms with Gasteiger partial charge >= 0.3 is 0 Å². The van der Waals surface area contributed by atoms with E-state index in [0.29, 0.717) is 38.5 Å². The zero-order valence-electron chi connectivity index (χ0n) is 11.7. The van der Waals surface area contributed by atoms with Crippen LogP contribution in [0.4, 0.5) is 0 Å². The summed E-state index contributed by atoms with van der Waals surface area (Å²) in [6, 6.07) is 0. The van der Waals surface area contributed by atoms with Crippen molar-refractivity contribution >= 4 is 5.78 Å². The van der Waals surface area contributed by atoms with Gasteiger partial charge in [0.1, 0.15) is 5.60 Å². The van der Waals surface area contributed by atoms with E-state index in [9.17, 15) is 4.79 Å². The number of nitrogens with zero attached hydrogens (tertiary/aromatic N) is 2. The van der Waals surface area contributed by atoms with Crippen LogP contribution in [0.3, 0.4) is 0 Å². The van der Waals surface area contributed by atoms with E-state index in [1.54, 1.807) is 6.20 Å². The van der Waals surface area contributed by atoms with Crippen LogP contribution < -0.4 is 0 Å². The van der Waals surface area contributed by atoms with Crippen LogP contribution >= 0.6 is 0 Å². The number of carbonyl (C=O) groups is 1. The summed E-state index contributed by atoms with van der Waals surface area (Å²) in [5.74, 6) is 0.508. The Bertz CT molecular complexity index is 417. The molecule has 0 amide bonds. The van der Waals surface area contributed by atoms with Crippen LogP contribution in [0.15, 0.2) is 12.4 Å². The van der Waals surface area contributed by atoms with Crippen molar-refractivity contribution in [1.82, 2.24) is 9.55 Å². The summed E-state index contributed by atoms with van der Waals surface area (Å²) in [5, 5.41) is 0. The zero-order chi connectivity index (χ0) is 13.7. The van der Waals surface area contributed by atoms with Crippen molar-refractivity contribution in [3.8, 4) is 0 Å². The van der Waals surface area contributed by atoms with E-state index in [-0.39, 0.29) is 5.78 Å². The molecule has 0 radical (unpaired) electrons. The third-order valence-electron chi connectivity index (χ3n) is 3.52. The minimum atomic E-state index is -0.746. The third kappa shape index (κ3) is 2.87. The number of aromatic nitrogens is 2. The van der Waals surface area contributed by atoms with E-state index >= 15 is 0 Å². The summed E-state index contributed by atoms with van der Waals surface area (Å²) in [6.07, 6.45) is 5.73. The van der Waals surface area contributed by atoms with Crippen LogP contribution in [0, 0.1) is 0 Å². The van der Waals surface area contributed by atoms with Gasteiger partial charge in [0, 0.05) is 51.6 Å². The molecule has 106 valence electrons. The molecular weight excluding hydrogens is 244 g/mol. The van der Waals surface area contributed by atoms with Crippen molar-refractivity contribution in [1.29, 1.82) is 0 Å². The largest absolute Gasteiger partial charge is 0.381 e. The topological polar surface area (TPSA) is 53.4 Å². The Hall–Kier alpha value is -1.20. The van der Waals surface area contributed by atoms with E-state index in [0.717, 1.165) is 13.0 Å². The van der Waals surface area contributed by atoms with Gasteiger partial charge < -0.3 is 14.0 Å². The molecule has 2 heterocycles. The van der Waals surface area contributed by atoms with Gasteiger partial charge in [-0.15, -0.1) is 0 Å². The van der Waals surface area contributed by atoms with Crippen LogP contribution in [0.25, 0.3) is 0 Å². The Morgan fingerprint density at radius 2 is 2.21 bits per heavy atom. The number of hydrogen-bond acceptors (Lipinski definition) is 4. The maximum Gasteiger partial charge on any atom is 0.230 e. The predicted octanol–water partition coefficient (Wildman–Crippen LogP) is 2.06. The number of rotatable bonds is 6. The number of aryl methyl sites for hydroxylation is 1. The van der Waals surface area contributed by atoms with Crippen LogP contribution in [-0.2, 0) is 16.0 Å². The Morgan fingerprint density at radius 1 is 1.47 bits per heavy atom. The highest BCUT2D eigenvalue weighted by Crippen LogP contribution is 2.29. The molecule has 0 N–H and O–H groups in total. The monoisotopic (exact) mass is 266 g/mol. The summed E-state index contributed by atoms with van der Waals surface area (Å²) in [7, 11) is 0. The van der Waals surface area contributed by atoms with Gasteiger partial charge in [0.05, 0.1) is 0 Å². The summed E-state index contributed by atoms with van der Waals surface area (Å²) in [6.45, 7) is 6.48. The van der Waals surface area contributed by atoms with Gasteiger partial charge in [0.15, 0.2) is 5.82 Å². The molecule has 0 atom stereocenters. The molecular formula is C14H22N2O3. The fraction of sp³-hybridized carbons (Fsp3) is 0.714. The Labute approximate surface area is 113 Å². The summed E-state index contributed by atoms with van der Waals surface area (Å²) in [4.78, 5) is 17.0. The molecule has 1 aromatic heterocycles. The highest BCUT2D eigenvalue weighted by atomic mass is 16.5. The SMILES string of the molecule is CCCn1ccnc1C(=O)C1(OCC)CCOCC1. The minimum absolute atomic E-state index is 0.00361. The molecule has 0 bridgehead atoms. The first kappa shape index (κ1) is 14.2. The Balaban J connectivity index is 2.25. The molecule has 0 aliphatic carbocycles. The number of ether oxygens (including phenoxy) is 2. The van der Waals surface area contributed by atoms with Crippen molar-refractivity contribution < 1.29 is 14.3 Å². The molecule has 19 heavy (non-hydrogen) atoms. The molecule has 0 aromatic carbocycles. The lowest BCUT2D eigenvalue weighted by atomic mass is 9.88. The predicted molar refractivity (Wildman–Crippen MR) is 71.3 cm³/mol. The highest BCUT2D eigenvalue weighted by molar-refractivity contribution is 5.99. The normalized spacial score (nSPS) is 18.4. The molecule has 1 aromatic rings. The van der Waals surface area contributed by atoms with Crippen LogP contribution in [0.1, 0.15) is 43.7 Å². The molecule has 5 heteroatoms. The number of ketones is 1. The maximum atomic E-state index is 12.8. The van der Waals surface area contributed by atoms with Crippen LogP contribution in [0.2, 0.25) is 0 Å². The quantitative estimate of drug-likeness (QED) is 0.740. The minimum Gasteiger partial charge on any atom is -0.381 e. The van der Waals surface area contributed by atoms with E-state index in [1.807, 2.05) is 17.7 Å². The second kappa shape index (κ2) is 6.30. The van der Waals surface area contributed by atoms with Gasteiger partial charge in [0.25, 0.3) is 0 Å². The van der Waals surface area contributed by atoms with Crippen molar-refractivity contribution in [3.63, 3.8) is 0 Å². The van der Waals surface area contributed by atoms with Gasteiger partial charge in [0.2, 0.25) is 5.78 Å². The van der Waals surface area contributed by atoms with E-state index in [4.69, 9.17) is 9.47 Å². The molecule has 1 aliphatic rings. The highest BCUT2D eigenvalue weighted by Gasteiger charge is 2.43. The first-order chi connectivity index (χ1) is 9.23. The lowest BCUT2D eigenvalue weighted by molar-refractivity contribution is -0.0828. The molecule has 1 fully saturated rings. The second-order valence-corrected chi connectivity index (χ2v) is 4.81. The third-order valence-corrected chi connectivity index (χ3v) is 3.52. The molecule has 0 unspecified atom stereocenters. The second-order valence-electron chi connectivity index (χ2n) is 4.81. The summed E-state index contributed by atoms with van der Waals surface area (Å²) < 4.78 is 13.1. The van der Waals surface area contributed by atoms with Gasteiger partial charge in [-0.3, -0.25) is 4.79 Å². The van der Waals surface area contributed by atoms with Gasteiger partial charge in [-0.2, -0.15) is 0 Å². The lowest BCUT2D eigenvalue weighted by Crippen LogP contribution is -2.47. The van der Waals surface area contributed by atoms with Crippen molar-refractivity contribution in [2.24, 2.45) is 0 Å². The lowest BCUT2D eigenvalue weighted by Gasteiger charge is -2.35. The van der Waals surface area contributed by atoms with Gasteiger partial charge in [-0.05, 0) is 13.3 Å². The van der Waals surface area contributed by atoms with Gasteiger partial charge in [-0.25, -0.2) is 4.98 Å². The van der Waals surface area contributed by atoms with E-state index < -0.39 is 5.60 Å². The van der Waals surface area contributed by atoms with Crippen LogP contribution in [0.5, 0.6) is 0 Å². The average molecular weight is 266 g/mol. The van der Waals surface area contributed by atoms with Crippen LogP contribution in [-0.4, -0.2) is 40.8 Å². The average Bonchev–Trinajstić information content (AvgIpc) is 2.88. The number of carbonyl (C=O) groups excluding carboxylic acids is 1.